The summed E-state index contributed by atoms with van der Waals surface area (Å²) >= 11 is 0. The normalized spacial score (nSPS) is 11.6. The van der Waals surface area contributed by atoms with Gasteiger partial charge >= 0.3 is 0 Å². The highest BCUT2D eigenvalue weighted by Gasteiger charge is 2.14. The summed E-state index contributed by atoms with van der Waals surface area (Å²) in [4.78, 5) is 28.4. The van der Waals surface area contributed by atoms with E-state index in [4.69, 9.17) is 4.74 Å². The molecule has 0 aliphatic rings. The van der Waals surface area contributed by atoms with E-state index < -0.39 is 0 Å². The molecule has 2 amide bonds. The largest absolute Gasteiger partial charge is 0.383 e. The summed E-state index contributed by atoms with van der Waals surface area (Å²) in [6, 6.07) is 12.5. The fourth-order valence-electron chi connectivity index (χ4n) is 2.16. The number of rotatable bonds is 7. The minimum atomic E-state index is -0.321. The molecule has 1 heterocycles. The lowest BCUT2D eigenvalue weighted by Crippen LogP contribution is -2.29. The number of hydrogen-bond donors (Lipinski definition) is 2. The Morgan fingerprint density at radius 1 is 1.17 bits per heavy atom. The molecule has 1 aromatic carbocycles. The third-order valence-electron chi connectivity index (χ3n) is 3.49. The number of amides is 2. The molecule has 2 aromatic rings. The van der Waals surface area contributed by atoms with Crippen LogP contribution in [0.2, 0.25) is 0 Å². The van der Waals surface area contributed by atoms with Gasteiger partial charge in [0.1, 0.15) is 5.69 Å². The van der Waals surface area contributed by atoms with Crippen molar-refractivity contribution in [3.8, 4) is 0 Å². The third-order valence-corrected chi connectivity index (χ3v) is 3.49. The van der Waals surface area contributed by atoms with Crippen molar-refractivity contribution in [2.75, 3.05) is 20.3 Å². The Balaban J connectivity index is 2.02. The van der Waals surface area contributed by atoms with Crippen molar-refractivity contribution in [1.82, 2.24) is 15.6 Å². The highest BCUT2D eigenvalue weighted by atomic mass is 16.5. The van der Waals surface area contributed by atoms with Crippen LogP contribution in [0.1, 0.15) is 39.4 Å². The van der Waals surface area contributed by atoms with Crippen molar-refractivity contribution < 1.29 is 14.3 Å². The number of carbonyl (C=O) groups is 2. The van der Waals surface area contributed by atoms with Crippen molar-refractivity contribution in [3.05, 3.63) is 65.5 Å². The number of pyridine rings is 1. The number of carbonyl (C=O) groups excluding carboxylic acids is 2. The summed E-state index contributed by atoms with van der Waals surface area (Å²) in [6.07, 6.45) is 1.45. The van der Waals surface area contributed by atoms with Crippen LogP contribution < -0.4 is 10.6 Å². The lowest BCUT2D eigenvalue weighted by atomic mass is 10.1. The van der Waals surface area contributed by atoms with Crippen LogP contribution in [0.25, 0.3) is 0 Å². The van der Waals surface area contributed by atoms with Crippen molar-refractivity contribution >= 4 is 11.8 Å². The molecular formula is C18H21N3O3. The van der Waals surface area contributed by atoms with Gasteiger partial charge in [-0.05, 0) is 24.6 Å². The maximum Gasteiger partial charge on any atom is 0.270 e. The van der Waals surface area contributed by atoms with Crippen LogP contribution in [0.15, 0.2) is 48.7 Å². The Morgan fingerprint density at radius 3 is 2.62 bits per heavy atom. The smallest absolute Gasteiger partial charge is 0.270 e. The van der Waals surface area contributed by atoms with E-state index >= 15 is 0 Å². The first kappa shape index (κ1) is 17.6. The summed E-state index contributed by atoms with van der Waals surface area (Å²) in [5.74, 6) is -0.586. The second-order valence-corrected chi connectivity index (χ2v) is 5.28. The van der Waals surface area contributed by atoms with E-state index in [0.29, 0.717) is 18.7 Å². The highest BCUT2D eigenvalue weighted by molar-refractivity contribution is 5.98. The summed E-state index contributed by atoms with van der Waals surface area (Å²) in [7, 11) is 1.56. The highest BCUT2D eigenvalue weighted by Crippen LogP contribution is 2.12. The molecule has 2 N–H and O–H groups in total. The number of benzene rings is 1. The van der Waals surface area contributed by atoms with E-state index in [9.17, 15) is 9.59 Å². The molecule has 1 atom stereocenters. The number of ether oxygens (including phenoxy) is 1. The van der Waals surface area contributed by atoms with Gasteiger partial charge in [0.25, 0.3) is 11.8 Å². The molecule has 2 rings (SSSR count). The number of methoxy groups -OCH3 is 1. The summed E-state index contributed by atoms with van der Waals surface area (Å²) in [6.45, 7) is 2.73. The predicted molar refractivity (Wildman–Crippen MR) is 90.8 cm³/mol. The number of nitrogens with one attached hydrogen (secondary N) is 2. The van der Waals surface area contributed by atoms with Gasteiger partial charge in [0.15, 0.2) is 0 Å². The Bertz CT molecular complexity index is 689. The number of nitrogens with zero attached hydrogens (tertiary/aromatic N) is 1. The molecule has 0 saturated carbocycles. The average molecular weight is 327 g/mol. The first-order valence-electron chi connectivity index (χ1n) is 7.71. The maximum absolute atomic E-state index is 12.3. The lowest BCUT2D eigenvalue weighted by Gasteiger charge is -2.14. The van der Waals surface area contributed by atoms with Gasteiger partial charge in [-0.1, -0.05) is 30.3 Å². The molecule has 24 heavy (non-hydrogen) atoms. The molecule has 0 bridgehead atoms. The van der Waals surface area contributed by atoms with Crippen LogP contribution in [-0.4, -0.2) is 37.1 Å². The van der Waals surface area contributed by atoms with E-state index in [-0.39, 0.29) is 23.6 Å². The summed E-state index contributed by atoms with van der Waals surface area (Å²) in [5, 5.41) is 5.59. The zero-order valence-corrected chi connectivity index (χ0v) is 13.8. The van der Waals surface area contributed by atoms with Crippen molar-refractivity contribution in [3.63, 3.8) is 0 Å². The van der Waals surface area contributed by atoms with Crippen molar-refractivity contribution in [2.45, 2.75) is 13.0 Å². The van der Waals surface area contributed by atoms with E-state index in [1.54, 1.807) is 13.2 Å². The fraction of sp³-hybridized carbons (Fsp3) is 0.278. The average Bonchev–Trinajstić information content (AvgIpc) is 2.62. The maximum atomic E-state index is 12.3. The van der Waals surface area contributed by atoms with Gasteiger partial charge in [-0.15, -0.1) is 0 Å². The monoisotopic (exact) mass is 327 g/mol. The number of hydrogen-bond acceptors (Lipinski definition) is 4. The molecule has 0 aliphatic heterocycles. The van der Waals surface area contributed by atoms with Gasteiger partial charge in [0.2, 0.25) is 0 Å². The second-order valence-electron chi connectivity index (χ2n) is 5.28. The first-order valence-corrected chi connectivity index (χ1v) is 7.71. The van der Waals surface area contributed by atoms with E-state index in [0.717, 1.165) is 5.56 Å². The first-order chi connectivity index (χ1) is 11.6. The van der Waals surface area contributed by atoms with Crippen LogP contribution in [0.3, 0.4) is 0 Å². The Kier molecular flexibility index (Phi) is 6.45. The Morgan fingerprint density at radius 2 is 1.92 bits per heavy atom. The van der Waals surface area contributed by atoms with Gasteiger partial charge in [-0.2, -0.15) is 0 Å². The van der Waals surface area contributed by atoms with E-state index in [1.807, 2.05) is 37.3 Å². The van der Waals surface area contributed by atoms with Crippen LogP contribution in [0.4, 0.5) is 0 Å². The molecule has 126 valence electrons. The molecule has 0 spiro atoms. The van der Waals surface area contributed by atoms with Crippen LogP contribution in [0, 0.1) is 0 Å². The van der Waals surface area contributed by atoms with Crippen molar-refractivity contribution in [1.29, 1.82) is 0 Å². The second kappa shape index (κ2) is 8.79. The molecule has 0 fully saturated rings. The molecule has 6 heteroatoms. The van der Waals surface area contributed by atoms with Gasteiger partial charge < -0.3 is 15.4 Å². The van der Waals surface area contributed by atoms with Gasteiger partial charge in [-0.25, -0.2) is 0 Å². The summed E-state index contributed by atoms with van der Waals surface area (Å²) < 4.78 is 4.88. The van der Waals surface area contributed by atoms with E-state index in [2.05, 4.69) is 15.6 Å². The van der Waals surface area contributed by atoms with Crippen LogP contribution in [-0.2, 0) is 4.74 Å². The summed E-state index contributed by atoms with van der Waals surface area (Å²) in [5.41, 5.74) is 1.59. The zero-order valence-electron chi connectivity index (χ0n) is 13.8. The predicted octanol–water partition coefficient (Wildman–Crippen LogP) is 1.95. The molecular weight excluding hydrogens is 306 g/mol. The van der Waals surface area contributed by atoms with E-state index in [1.165, 1.54) is 12.3 Å². The number of aromatic nitrogens is 1. The zero-order chi connectivity index (χ0) is 17.4. The topological polar surface area (TPSA) is 80.3 Å². The van der Waals surface area contributed by atoms with Crippen molar-refractivity contribution in [2.24, 2.45) is 0 Å². The van der Waals surface area contributed by atoms with Crippen LogP contribution >= 0.6 is 0 Å². The SMILES string of the molecule is COCCNC(=O)c1ccnc(C(=O)NC(C)c2ccccc2)c1. The third kappa shape index (κ3) is 4.89. The minimum absolute atomic E-state index is 0.153. The molecule has 0 radical (unpaired) electrons. The molecule has 0 saturated heterocycles. The Labute approximate surface area is 141 Å². The quantitative estimate of drug-likeness (QED) is 0.762. The van der Waals surface area contributed by atoms with Gasteiger partial charge in [-0.3, -0.25) is 14.6 Å². The Hall–Kier alpha value is -2.73. The van der Waals surface area contributed by atoms with Gasteiger partial charge in [0.05, 0.1) is 12.6 Å². The standard InChI is InChI=1S/C18H21N3O3/c1-13(14-6-4-3-5-7-14)21-18(23)16-12-15(8-9-19-16)17(22)20-10-11-24-2/h3-9,12-13H,10-11H2,1-2H3,(H,20,22)(H,21,23). The van der Waals surface area contributed by atoms with Gasteiger partial charge in [0, 0.05) is 25.4 Å². The molecule has 0 aliphatic carbocycles. The van der Waals surface area contributed by atoms with Crippen LogP contribution in [0.5, 0.6) is 0 Å². The lowest BCUT2D eigenvalue weighted by molar-refractivity contribution is 0.0935. The minimum Gasteiger partial charge on any atom is -0.383 e. The fourth-order valence-corrected chi connectivity index (χ4v) is 2.16. The molecule has 6 nitrogen and oxygen atoms in total. The molecule has 1 aromatic heterocycles. The molecule has 1 unspecified atom stereocenters.